The van der Waals surface area contributed by atoms with Crippen LogP contribution in [0.5, 0.6) is 11.5 Å². The third-order valence-electron chi connectivity index (χ3n) is 3.07. The third kappa shape index (κ3) is 2.68. The Morgan fingerprint density at radius 3 is 2.53 bits per heavy atom. The second-order valence-corrected chi connectivity index (χ2v) is 4.42. The third-order valence-corrected chi connectivity index (χ3v) is 3.07. The maximum absolute atomic E-state index is 11.2. The lowest BCUT2D eigenvalue weighted by Gasteiger charge is -2.12. The number of benzene rings is 2. The number of carbonyl (C=O) groups excluding carboxylic acids is 1. The Labute approximate surface area is 112 Å². The molecule has 4 nitrogen and oxygen atoms in total. The second kappa shape index (κ2) is 5.02. The van der Waals surface area contributed by atoms with Crippen molar-refractivity contribution in [3.63, 3.8) is 0 Å². The van der Waals surface area contributed by atoms with Crippen LogP contribution in [0, 0.1) is 13.8 Å². The molecule has 4 N–H and O–H groups in total. The van der Waals surface area contributed by atoms with Crippen molar-refractivity contribution in [2.24, 2.45) is 5.73 Å². The molecule has 2 rings (SSSR count). The summed E-state index contributed by atoms with van der Waals surface area (Å²) in [4.78, 5) is 11.2. The fourth-order valence-corrected chi connectivity index (χ4v) is 1.73. The summed E-state index contributed by atoms with van der Waals surface area (Å²) < 4.78 is 5.78. The molecule has 0 aliphatic carbocycles. The van der Waals surface area contributed by atoms with Gasteiger partial charge in [0.15, 0.2) is 5.75 Å². The van der Waals surface area contributed by atoms with Crippen molar-refractivity contribution in [1.82, 2.24) is 0 Å². The summed E-state index contributed by atoms with van der Waals surface area (Å²) in [6.07, 6.45) is 0. The van der Waals surface area contributed by atoms with Crippen LogP contribution in [0.15, 0.2) is 36.4 Å². The fourth-order valence-electron chi connectivity index (χ4n) is 1.73. The summed E-state index contributed by atoms with van der Waals surface area (Å²) in [5, 5.41) is 0. The number of anilines is 1. The Hall–Kier alpha value is -2.49. The minimum absolute atomic E-state index is 0.370. The molecule has 0 saturated carbocycles. The van der Waals surface area contributed by atoms with Gasteiger partial charge in [0.05, 0.1) is 5.69 Å². The number of nitrogens with two attached hydrogens (primary N) is 2. The van der Waals surface area contributed by atoms with Gasteiger partial charge in [-0.25, -0.2) is 0 Å². The van der Waals surface area contributed by atoms with Crippen molar-refractivity contribution < 1.29 is 9.53 Å². The molecule has 0 atom stereocenters. The molecule has 0 bridgehead atoms. The van der Waals surface area contributed by atoms with Crippen LogP contribution in [0.1, 0.15) is 21.5 Å². The van der Waals surface area contributed by atoms with Crippen LogP contribution in [0.3, 0.4) is 0 Å². The van der Waals surface area contributed by atoms with Gasteiger partial charge >= 0.3 is 0 Å². The van der Waals surface area contributed by atoms with Gasteiger partial charge in [-0.2, -0.15) is 0 Å². The van der Waals surface area contributed by atoms with E-state index in [2.05, 4.69) is 0 Å². The normalized spacial score (nSPS) is 10.2. The second-order valence-electron chi connectivity index (χ2n) is 4.42. The van der Waals surface area contributed by atoms with E-state index in [0.29, 0.717) is 22.7 Å². The van der Waals surface area contributed by atoms with Gasteiger partial charge in [0.25, 0.3) is 0 Å². The minimum Gasteiger partial charge on any atom is -0.455 e. The zero-order chi connectivity index (χ0) is 14.0. The minimum atomic E-state index is -0.509. The number of aryl methyl sites for hydroxylation is 1. The van der Waals surface area contributed by atoms with E-state index in [1.165, 1.54) is 0 Å². The molecule has 0 aliphatic rings. The first-order valence-electron chi connectivity index (χ1n) is 5.92. The maximum atomic E-state index is 11.2. The van der Waals surface area contributed by atoms with Gasteiger partial charge in [0.2, 0.25) is 5.91 Å². The van der Waals surface area contributed by atoms with E-state index in [1.807, 2.05) is 32.0 Å². The van der Waals surface area contributed by atoms with Gasteiger partial charge in [-0.1, -0.05) is 12.1 Å². The molecule has 19 heavy (non-hydrogen) atoms. The average Bonchev–Trinajstić information content (AvgIpc) is 2.37. The Kier molecular flexibility index (Phi) is 3.42. The first-order valence-corrected chi connectivity index (χ1v) is 5.92. The van der Waals surface area contributed by atoms with Gasteiger partial charge < -0.3 is 16.2 Å². The smallest absolute Gasteiger partial charge is 0.248 e. The van der Waals surface area contributed by atoms with Crippen LogP contribution in [-0.2, 0) is 0 Å². The topological polar surface area (TPSA) is 78.3 Å². The number of rotatable bonds is 3. The summed E-state index contributed by atoms with van der Waals surface area (Å²) in [5.41, 5.74) is 14.1. The van der Waals surface area contributed by atoms with Crippen molar-refractivity contribution in [3.05, 3.63) is 53.1 Å². The Morgan fingerprint density at radius 1 is 1.11 bits per heavy atom. The molecule has 0 unspecified atom stereocenters. The molecule has 0 saturated heterocycles. The summed E-state index contributed by atoms with van der Waals surface area (Å²) >= 11 is 0. The van der Waals surface area contributed by atoms with E-state index >= 15 is 0 Å². The first-order chi connectivity index (χ1) is 8.99. The van der Waals surface area contributed by atoms with Crippen molar-refractivity contribution >= 4 is 11.6 Å². The predicted molar refractivity (Wildman–Crippen MR) is 75.4 cm³/mol. The number of carbonyl (C=O) groups is 1. The van der Waals surface area contributed by atoms with Crippen LogP contribution in [-0.4, -0.2) is 5.91 Å². The molecule has 0 aliphatic heterocycles. The highest BCUT2D eigenvalue weighted by Gasteiger charge is 2.09. The highest BCUT2D eigenvalue weighted by molar-refractivity contribution is 5.93. The summed E-state index contributed by atoms with van der Waals surface area (Å²) in [7, 11) is 0. The molecule has 1 amide bonds. The van der Waals surface area contributed by atoms with E-state index in [4.69, 9.17) is 16.2 Å². The van der Waals surface area contributed by atoms with Crippen molar-refractivity contribution in [2.45, 2.75) is 13.8 Å². The summed E-state index contributed by atoms with van der Waals surface area (Å²) in [6.45, 7) is 3.98. The molecule has 2 aromatic carbocycles. The molecule has 0 fully saturated rings. The average molecular weight is 256 g/mol. The van der Waals surface area contributed by atoms with Crippen LogP contribution in [0.2, 0.25) is 0 Å². The van der Waals surface area contributed by atoms with Crippen molar-refractivity contribution in [3.8, 4) is 11.5 Å². The van der Waals surface area contributed by atoms with Gasteiger partial charge in [-0.15, -0.1) is 0 Å². The molecule has 0 radical (unpaired) electrons. The van der Waals surface area contributed by atoms with Gasteiger partial charge in [0, 0.05) is 5.56 Å². The zero-order valence-electron chi connectivity index (χ0n) is 10.9. The highest BCUT2D eigenvalue weighted by Crippen LogP contribution is 2.31. The lowest BCUT2D eigenvalue weighted by molar-refractivity contribution is 0.1000. The lowest BCUT2D eigenvalue weighted by Crippen LogP contribution is -2.11. The predicted octanol–water partition coefficient (Wildman–Crippen LogP) is 2.78. The summed E-state index contributed by atoms with van der Waals surface area (Å²) in [6, 6.07) is 10.5. The number of hydrogen-bond donors (Lipinski definition) is 2. The monoisotopic (exact) mass is 256 g/mol. The highest BCUT2D eigenvalue weighted by atomic mass is 16.5. The number of ether oxygens (including phenoxy) is 1. The van der Waals surface area contributed by atoms with E-state index < -0.39 is 5.91 Å². The van der Waals surface area contributed by atoms with E-state index in [1.54, 1.807) is 18.2 Å². The number of amides is 1. The van der Waals surface area contributed by atoms with Crippen LogP contribution in [0.4, 0.5) is 5.69 Å². The first kappa shape index (κ1) is 13.0. The largest absolute Gasteiger partial charge is 0.455 e. The maximum Gasteiger partial charge on any atom is 0.248 e. The van der Waals surface area contributed by atoms with E-state index in [9.17, 15) is 4.79 Å². The summed E-state index contributed by atoms with van der Waals surface area (Å²) in [5.74, 6) is 0.643. The molecule has 98 valence electrons. The molecule has 0 heterocycles. The van der Waals surface area contributed by atoms with Crippen LogP contribution in [0.25, 0.3) is 0 Å². The quantitative estimate of drug-likeness (QED) is 0.829. The van der Waals surface area contributed by atoms with Crippen molar-refractivity contribution in [1.29, 1.82) is 0 Å². The Morgan fingerprint density at radius 2 is 1.84 bits per heavy atom. The zero-order valence-corrected chi connectivity index (χ0v) is 10.9. The van der Waals surface area contributed by atoms with E-state index in [-0.39, 0.29) is 0 Å². The van der Waals surface area contributed by atoms with Gasteiger partial charge in [0.1, 0.15) is 5.75 Å². The number of primary amides is 1. The fraction of sp³-hybridized carbons (Fsp3) is 0.133. The molecule has 0 spiro atoms. The van der Waals surface area contributed by atoms with E-state index in [0.717, 1.165) is 11.1 Å². The molecule has 0 aromatic heterocycles. The molecular formula is C15H16N2O2. The van der Waals surface area contributed by atoms with Gasteiger partial charge in [-0.05, 0) is 49.2 Å². The Bertz CT molecular complexity index is 636. The van der Waals surface area contributed by atoms with Crippen LogP contribution < -0.4 is 16.2 Å². The van der Waals surface area contributed by atoms with Crippen molar-refractivity contribution in [2.75, 3.05) is 5.73 Å². The Balaban J connectivity index is 2.40. The lowest BCUT2D eigenvalue weighted by atomic mass is 10.1. The molecule has 4 heteroatoms. The molecule has 2 aromatic rings. The van der Waals surface area contributed by atoms with Gasteiger partial charge in [-0.3, -0.25) is 4.79 Å². The standard InChI is InChI=1S/C15H16N2O2/c1-9-4-3-5-13(10(9)2)19-14-8-11(15(17)18)6-7-12(14)16/h3-8H,16H2,1-2H3,(H2,17,18). The number of nitrogen functional groups attached to an aromatic ring is 1. The number of hydrogen-bond acceptors (Lipinski definition) is 3. The molecular weight excluding hydrogens is 240 g/mol. The van der Waals surface area contributed by atoms with Crippen LogP contribution >= 0.6 is 0 Å². The SMILES string of the molecule is Cc1cccc(Oc2cc(C(N)=O)ccc2N)c1C.